The summed E-state index contributed by atoms with van der Waals surface area (Å²) in [5, 5.41) is 3.36. The van der Waals surface area contributed by atoms with Crippen molar-refractivity contribution < 1.29 is 9.13 Å². The maximum atomic E-state index is 13.4. The molecule has 0 bridgehead atoms. The lowest BCUT2D eigenvalue weighted by Crippen LogP contribution is -2.31. The number of hydrogen-bond acceptors (Lipinski definition) is 2. The number of benzene rings is 1. The van der Waals surface area contributed by atoms with Crippen molar-refractivity contribution >= 4 is 0 Å². The molecule has 1 fully saturated rings. The number of halogens is 1. The fourth-order valence-electron chi connectivity index (χ4n) is 1.98. The molecule has 18 heavy (non-hydrogen) atoms. The normalized spacial score (nSPS) is 16.8. The SMILES string of the molecule is CC(Cc1ccccc1F)NCCOCC1CC1. The van der Waals surface area contributed by atoms with Gasteiger partial charge in [0.1, 0.15) is 5.82 Å². The van der Waals surface area contributed by atoms with Gasteiger partial charge in [-0.1, -0.05) is 18.2 Å². The lowest BCUT2D eigenvalue weighted by Gasteiger charge is -2.14. The third-order valence-electron chi connectivity index (χ3n) is 3.27. The highest BCUT2D eigenvalue weighted by Crippen LogP contribution is 2.28. The molecule has 1 N–H and O–H groups in total. The first-order valence-electron chi connectivity index (χ1n) is 6.80. The van der Waals surface area contributed by atoms with Gasteiger partial charge in [0.2, 0.25) is 0 Å². The molecule has 1 aliphatic carbocycles. The molecule has 1 aromatic carbocycles. The van der Waals surface area contributed by atoms with Crippen LogP contribution in [0.5, 0.6) is 0 Å². The van der Waals surface area contributed by atoms with E-state index in [9.17, 15) is 4.39 Å². The van der Waals surface area contributed by atoms with Gasteiger partial charge in [0.05, 0.1) is 6.61 Å². The Morgan fingerprint density at radius 1 is 1.39 bits per heavy atom. The highest BCUT2D eigenvalue weighted by Gasteiger charge is 2.20. The predicted molar refractivity (Wildman–Crippen MR) is 71.1 cm³/mol. The largest absolute Gasteiger partial charge is 0.380 e. The molecular formula is C15H22FNO. The van der Waals surface area contributed by atoms with Gasteiger partial charge in [-0.3, -0.25) is 0 Å². The van der Waals surface area contributed by atoms with E-state index in [1.165, 1.54) is 18.9 Å². The highest BCUT2D eigenvalue weighted by molar-refractivity contribution is 5.18. The van der Waals surface area contributed by atoms with Crippen molar-refractivity contribution in [1.82, 2.24) is 5.32 Å². The van der Waals surface area contributed by atoms with E-state index in [2.05, 4.69) is 12.2 Å². The summed E-state index contributed by atoms with van der Waals surface area (Å²) in [6, 6.07) is 7.23. The molecule has 1 aliphatic rings. The summed E-state index contributed by atoms with van der Waals surface area (Å²) in [5.41, 5.74) is 0.774. The number of rotatable bonds is 8. The molecule has 0 amide bonds. The lowest BCUT2D eigenvalue weighted by molar-refractivity contribution is 0.124. The third kappa shape index (κ3) is 4.75. The minimum atomic E-state index is -0.115. The van der Waals surface area contributed by atoms with Crippen molar-refractivity contribution in [1.29, 1.82) is 0 Å². The Morgan fingerprint density at radius 2 is 2.17 bits per heavy atom. The molecule has 1 aromatic rings. The maximum absolute atomic E-state index is 13.4. The van der Waals surface area contributed by atoms with Crippen LogP contribution in [0.15, 0.2) is 24.3 Å². The molecule has 2 nitrogen and oxygen atoms in total. The van der Waals surface area contributed by atoms with Gasteiger partial charge in [-0.05, 0) is 43.7 Å². The van der Waals surface area contributed by atoms with Crippen LogP contribution in [0.3, 0.4) is 0 Å². The predicted octanol–water partition coefficient (Wildman–Crippen LogP) is 2.77. The number of hydrogen-bond donors (Lipinski definition) is 1. The molecule has 2 rings (SSSR count). The molecule has 0 heterocycles. The molecule has 3 heteroatoms. The Labute approximate surface area is 109 Å². The van der Waals surface area contributed by atoms with Gasteiger partial charge >= 0.3 is 0 Å². The molecule has 100 valence electrons. The summed E-state index contributed by atoms with van der Waals surface area (Å²) in [6.45, 7) is 4.57. The molecule has 0 aromatic heterocycles. The summed E-state index contributed by atoms with van der Waals surface area (Å²) < 4.78 is 19.0. The molecular weight excluding hydrogens is 229 g/mol. The van der Waals surface area contributed by atoms with E-state index in [4.69, 9.17) is 4.74 Å². The van der Waals surface area contributed by atoms with Gasteiger partial charge in [-0.25, -0.2) is 4.39 Å². The highest BCUT2D eigenvalue weighted by atomic mass is 19.1. The zero-order valence-electron chi connectivity index (χ0n) is 11.0. The van der Waals surface area contributed by atoms with Crippen LogP contribution < -0.4 is 5.32 Å². The lowest BCUT2D eigenvalue weighted by atomic mass is 10.1. The summed E-state index contributed by atoms with van der Waals surface area (Å²) in [5.74, 6) is 0.706. The maximum Gasteiger partial charge on any atom is 0.126 e. The van der Waals surface area contributed by atoms with E-state index < -0.39 is 0 Å². The van der Waals surface area contributed by atoms with Gasteiger partial charge in [0, 0.05) is 19.2 Å². The van der Waals surface area contributed by atoms with E-state index in [1.807, 2.05) is 12.1 Å². The van der Waals surface area contributed by atoms with Crippen LogP contribution >= 0.6 is 0 Å². The molecule has 0 spiro atoms. The molecule has 0 saturated heterocycles. The topological polar surface area (TPSA) is 21.3 Å². The molecule has 0 aliphatic heterocycles. The van der Waals surface area contributed by atoms with Crippen molar-refractivity contribution in [2.75, 3.05) is 19.8 Å². The van der Waals surface area contributed by atoms with Crippen LogP contribution in [0, 0.1) is 11.7 Å². The first-order chi connectivity index (χ1) is 8.75. The van der Waals surface area contributed by atoms with Gasteiger partial charge in [0.25, 0.3) is 0 Å². The third-order valence-corrected chi connectivity index (χ3v) is 3.27. The number of ether oxygens (including phenoxy) is 1. The van der Waals surface area contributed by atoms with Crippen molar-refractivity contribution in [3.8, 4) is 0 Å². The zero-order chi connectivity index (χ0) is 12.8. The first-order valence-corrected chi connectivity index (χ1v) is 6.80. The van der Waals surface area contributed by atoms with E-state index in [0.29, 0.717) is 0 Å². The van der Waals surface area contributed by atoms with Gasteiger partial charge in [-0.15, -0.1) is 0 Å². The smallest absolute Gasteiger partial charge is 0.126 e. The van der Waals surface area contributed by atoms with Crippen molar-refractivity contribution in [2.45, 2.75) is 32.2 Å². The molecule has 1 saturated carbocycles. The van der Waals surface area contributed by atoms with Gasteiger partial charge < -0.3 is 10.1 Å². The van der Waals surface area contributed by atoms with Crippen LogP contribution in [0.25, 0.3) is 0 Å². The second kappa shape index (κ2) is 6.86. The van der Waals surface area contributed by atoms with Crippen LogP contribution in [0.1, 0.15) is 25.3 Å². The summed E-state index contributed by atoms with van der Waals surface area (Å²) in [4.78, 5) is 0. The van der Waals surface area contributed by atoms with Crippen LogP contribution in [0.4, 0.5) is 4.39 Å². The Kier molecular flexibility index (Phi) is 5.14. The Hall–Kier alpha value is -0.930. The average Bonchev–Trinajstić information content (AvgIpc) is 3.16. The minimum Gasteiger partial charge on any atom is -0.380 e. The zero-order valence-corrected chi connectivity index (χ0v) is 11.0. The molecule has 1 unspecified atom stereocenters. The average molecular weight is 251 g/mol. The molecule has 1 atom stereocenters. The Bertz CT molecular complexity index is 365. The minimum absolute atomic E-state index is 0.115. The Morgan fingerprint density at radius 3 is 2.89 bits per heavy atom. The molecule has 0 radical (unpaired) electrons. The quantitative estimate of drug-likeness (QED) is 0.717. The monoisotopic (exact) mass is 251 g/mol. The van der Waals surface area contributed by atoms with Gasteiger partial charge in [0.15, 0.2) is 0 Å². The Balaban J connectivity index is 1.59. The van der Waals surface area contributed by atoms with Gasteiger partial charge in [-0.2, -0.15) is 0 Å². The fourth-order valence-corrected chi connectivity index (χ4v) is 1.98. The van der Waals surface area contributed by atoms with E-state index in [1.54, 1.807) is 6.07 Å². The van der Waals surface area contributed by atoms with E-state index >= 15 is 0 Å². The summed E-state index contributed by atoms with van der Waals surface area (Å²) >= 11 is 0. The van der Waals surface area contributed by atoms with Crippen molar-refractivity contribution in [3.05, 3.63) is 35.6 Å². The second-order valence-electron chi connectivity index (χ2n) is 5.17. The van der Waals surface area contributed by atoms with Crippen LogP contribution in [-0.2, 0) is 11.2 Å². The van der Waals surface area contributed by atoms with Crippen LogP contribution in [-0.4, -0.2) is 25.8 Å². The van der Waals surface area contributed by atoms with E-state index in [-0.39, 0.29) is 11.9 Å². The fraction of sp³-hybridized carbons (Fsp3) is 0.600. The van der Waals surface area contributed by atoms with Crippen molar-refractivity contribution in [3.63, 3.8) is 0 Å². The summed E-state index contributed by atoms with van der Waals surface area (Å²) in [6.07, 6.45) is 3.38. The first kappa shape index (κ1) is 13.5. The van der Waals surface area contributed by atoms with Crippen LogP contribution in [0.2, 0.25) is 0 Å². The summed E-state index contributed by atoms with van der Waals surface area (Å²) in [7, 11) is 0. The van der Waals surface area contributed by atoms with Crippen molar-refractivity contribution in [2.24, 2.45) is 5.92 Å². The van der Waals surface area contributed by atoms with E-state index in [0.717, 1.165) is 37.7 Å². The second-order valence-corrected chi connectivity index (χ2v) is 5.17. The number of nitrogens with one attached hydrogen (secondary N) is 1. The standard InChI is InChI=1S/C15H22FNO/c1-12(10-14-4-2-3-5-15(14)16)17-8-9-18-11-13-6-7-13/h2-5,12-13,17H,6-11H2,1H3.